The Morgan fingerprint density at radius 2 is 1.91 bits per heavy atom. The maximum absolute atomic E-state index is 15.3. The van der Waals surface area contributed by atoms with E-state index < -0.39 is 17.4 Å². The van der Waals surface area contributed by atoms with E-state index in [0.717, 1.165) is 17.2 Å². The molecule has 3 rings (SSSR count). The van der Waals surface area contributed by atoms with Gasteiger partial charge in [0.1, 0.15) is 23.1 Å². The lowest BCUT2D eigenvalue weighted by atomic mass is 10.1. The Kier molecular flexibility index (Phi) is 7.94. The third-order valence-corrected chi connectivity index (χ3v) is 5.74. The van der Waals surface area contributed by atoms with E-state index in [0.29, 0.717) is 37.8 Å². The lowest BCUT2D eigenvalue weighted by molar-refractivity contribution is 0.0693. The number of carbonyl (C=O) groups is 1. The van der Waals surface area contributed by atoms with E-state index in [2.05, 4.69) is 24.3 Å². The molecule has 1 fully saturated rings. The van der Waals surface area contributed by atoms with Crippen LogP contribution in [0.1, 0.15) is 76.0 Å². The maximum Gasteiger partial charge on any atom is 0.350 e. The molecule has 2 aromatic rings. The zero-order valence-corrected chi connectivity index (χ0v) is 20.4. The van der Waals surface area contributed by atoms with Gasteiger partial charge in [-0.3, -0.25) is 9.36 Å². The van der Waals surface area contributed by atoms with Gasteiger partial charge >= 0.3 is 5.69 Å². The van der Waals surface area contributed by atoms with Crippen molar-refractivity contribution in [2.75, 3.05) is 13.2 Å². The maximum atomic E-state index is 15.3. The minimum Gasteiger partial charge on any atom is -0.490 e. The van der Waals surface area contributed by atoms with Crippen molar-refractivity contribution in [3.8, 4) is 11.4 Å². The molecular formula is C24H35FN4O4. The van der Waals surface area contributed by atoms with Crippen LogP contribution < -0.4 is 15.7 Å². The summed E-state index contributed by atoms with van der Waals surface area (Å²) >= 11 is 0. The molecule has 1 unspecified atom stereocenters. The number of hydrogen-bond acceptors (Lipinski definition) is 5. The first-order valence-corrected chi connectivity index (χ1v) is 11.6. The lowest BCUT2D eigenvalue weighted by Gasteiger charge is -2.24. The van der Waals surface area contributed by atoms with E-state index in [1.54, 1.807) is 7.05 Å². The van der Waals surface area contributed by atoms with Crippen LogP contribution in [-0.4, -0.2) is 45.6 Å². The topological polar surface area (TPSA) is 87.4 Å². The minimum atomic E-state index is -0.716. The summed E-state index contributed by atoms with van der Waals surface area (Å²) in [5, 5.41) is 7.30. The molecule has 0 aliphatic carbocycles. The molecule has 1 aliphatic heterocycles. The van der Waals surface area contributed by atoms with Crippen molar-refractivity contribution in [3.63, 3.8) is 0 Å². The molecular weight excluding hydrogens is 427 g/mol. The van der Waals surface area contributed by atoms with Gasteiger partial charge in [-0.05, 0) is 38.2 Å². The number of ether oxygens (including phenoxy) is 2. The van der Waals surface area contributed by atoms with Crippen LogP contribution in [0.25, 0.3) is 5.69 Å². The van der Waals surface area contributed by atoms with Gasteiger partial charge in [0.05, 0.1) is 11.7 Å². The van der Waals surface area contributed by atoms with E-state index in [9.17, 15) is 9.59 Å². The van der Waals surface area contributed by atoms with Crippen LogP contribution in [0.5, 0.6) is 5.75 Å². The number of halogens is 1. The molecule has 1 aromatic heterocycles. The number of benzene rings is 1. The Balaban J connectivity index is 2.03. The van der Waals surface area contributed by atoms with Crippen molar-refractivity contribution in [1.29, 1.82) is 0 Å². The van der Waals surface area contributed by atoms with Crippen molar-refractivity contribution < 1.29 is 18.7 Å². The highest BCUT2D eigenvalue weighted by Gasteiger charge is 2.25. The second-order valence-electron chi connectivity index (χ2n) is 9.48. The van der Waals surface area contributed by atoms with Gasteiger partial charge in [0.25, 0.3) is 5.91 Å². The summed E-state index contributed by atoms with van der Waals surface area (Å²) in [5.74, 6) is 0.00994. The molecule has 0 saturated carbocycles. The molecule has 1 aliphatic rings. The molecule has 0 bridgehead atoms. The fourth-order valence-corrected chi connectivity index (χ4v) is 4.13. The number of amides is 1. The van der Waals surface area contributed by atoms with Crippen molar-refractivity contribution >= 4 is 5.91 Å². The fourth-order valence-electron chi connectivity index (χ4n) is 4.13. The Morgan fingerprint density at radius 3 is 2.48 bits per heavy atom. The number of aromatic nitrogens is 3. The Hall–Kier alpha value is -2.68. The zero-order valence-electron chi connectivity index (χ0n) is 20.4. The third kappa shape index (κ3) is 5.82. The van der Waals surface area contributed by atoms with Crippen LogP contribution in [0.4, 0.5) is 4.39 Å². The van der Waals surface area contributed by atoms with Crippen molar-refractivity contribution in [2.45, 2.75) is 71.9 Å². The van der Waals surface area contributed by atoms with Crippen LogP contribution in [-0.2, 0) is 11.8 Å². The molecule has 33 heavy (non-hydrogen) atoms. The summed E-state index contributed by atoms with van der Waals surface area (Å²) in [7, 11) is 1.61. The van der Waals surface area contributed by atoms with E-state index in [-0.39, 0.29) is 35.1 Å². The molecule has 1 atom stereocenters. The molecule has 1 N–H and O–H groups in total. The number of rotatable bonds is 8. The van der Waals surface area contributed by atoms with Crippen LogP contribution in [0.2, 0.25) is 0 Å². The summed E-state index contributed by atoms with van der Waals surface area (Å²) < 4.78 is 29.1. The Bertz CT molecular complexity index is 1040. The Labute approximate surface area is 194 Å². The van der Waals surface area contributed by atoms with Crippen LogP contribution in [0, 0.1) is 11.7 Å². The number of hydrogen-bond donors (Lipinski definition) is 1. The summed E-state index contributed by atoms with van der Waals surface area (Å²) in [5.41, 5.74) is -0.401. The number of nitrogens with zero attached hydrogens (tertiary/aromatic N) is 3. The predicted molar refractivity (Wildman–Crippen MR) is 124 cm³/mol. The normalized spacial score (nSPS) is 15.8. The number of carbonyl (C=O) groups excluding carboxylic acids is 1. The zero-order chi connectivity index (χ0) is 24.3. The molecule has 9 heteroatoms. The van der Waals surface area contributed by atoms with Gasteiger partial charge in [-0.1, -0.05) is 27.7 Å². The summed E-state index contributed by atoms with van der Waals surface area (Å²) in [6.45, 7) is 11.0. The van der Waals surface area contributed by atoms with Crippen molar-refractivity contribution in [3.05, 3.63) is 39.8 Å². The van der Waals surface area contributed by atoms with Gasteiger partial charge in [0.15, 0.2) is 0 Å². The molecule has 1 amide bonds. The summed E-state index contributed by atoms with van der Waals surface area (Å²) in [6.07, 6.45) is 1.96. The number of nitrogens with one attached hydrogen (secondary N) is 1. The largest absolute Gasteiger partial charge is 0.490 e. The fraction of sp³-hybridized carbons (Fsp3) is 0.625. The molecule has 0 spiro atoms. The van der Waals surface area contributed by atoms with E-state index in [1.807, 2.05) is 20.8 Å². The van der Waals surface area contributed by atoms with E-state index in [1.165, 1.54) is 10.6 Å². The van der Waals surface area contributed by atoms with Gasteiger partial charge in [-0.15, -0.1) is 5.10 Å². The highest BCUT2D eigenvalue weighted by molar-refractivity contribution is 5.97. The highest BCUT2D eigenvalue weighted by atomic mass is 19.1. The van der Waals surface area contributed by atoms with Crippen molar-refractivity contribution in [1.82, 2.24) is 19.7 Å². The predicted octanol–water partition coefficient (Wildman–Crippen LogP) is 3.56. The SMILES string of the molecule is CC(C)CC(C)Oc1cc(-n2nc(C(C)C)n(C)c2=O)c(F)cc1C(=O)NC1CCOCC1. The Morgan fingerprint density at radius 1 is 1.24 bits per heavy atom. The summed E-state index contributed by atoms with van der Waals surface area (Å²) in [6, 6.07) is 2.50. The van der Waals surface area contributed by atoms with Gasteiger partial charge in [-0.25, -0.2) is 9.18 Å². The van der Waals surface area contributed by atoms with Crippen molar-refractivity contribution in [2.24, 2.45) is 13.0 Å². The quantitative estimate of drug-likeness (QED) is 0.648. The van der Waals surface area contributed by atoms with Crippen LogP contribution >= 0.6 is 0 Å². The van der Waals surface area contributed by atoms with Crippen LogP contribution in [0.15, 0.2) is 16.9 Å². The second kappa shape index (κ2) is 10.5. The van der Waals surface area contributed by atoms with Gasteiger partial charge in [0, 0.05) is 38.3 Å². The molecule has 0 radical (unpaired) electrons. The van der Waals surface area contributed by atoms with Crippen LogP contribution in [0.3, 0.4) is 0 Å². The molecule has 8 nitrogen and oxygen atoms in total. The first-order chi connectivity index (χ1) is 15.6. The van der Waals surface area contributed by atoms with E-state index >= 15 is 4.39 Å². The third-order valence-electron chi connectivity index (χ3n) is 5.74. The van der Waals surface area contributed by atoms with Gasteiger partial charge in [0.2, 0.25) is 0 Å². The first-order valence-electron chi connectivity index (χ1n) is 11.6. The minimum absolute atomic E-state index is 0.0154. The average Bonchev–Trinajstić information content (AvgIpc) is 3.04. The molecule has 182 valence electrons. The smallest absolute Gasteiger partial charge is 0.350 e. The average molecular weight is 463 g/mol. The standard InChI is InChI=1S/C24H35FN4O4/c1-14(2)11-16(5)33-21-13-20(29-24(31)28(6)22(27-29)15(3)4)19(25)12-18(21)23(30)26-17-7-9-32-10-8-17/h12-17H,7-11H2,1-6H3,(H,26,30). The molecule has 2 heterocycles. The summed E-state index contributed by atoms with van der Waals surface area (Å²) in [4.78, 5) is 25.8. The van der Waals surface area contributed by atoms with Gasteiger partial charge in [-0.2, -0.15) is 4.68 Å². The van der Waals surface area contributed by atoms with E-state index in [4.69, 9.17) is 9.47 Å². The first kappa shape index (κ1) is 25.0. The highest BCUT2D eigenvalue weighted by Crippen LogP contribution is 2.28. The molecule has 1 saturated heterocycles. The van der Waals surface area contributed by atoms with Gasteiger partial charge < -0.3 is 14.8 Å². The molecule has 1 aromatic carbocycles. The lowest BCUT2D eigenvalue weighted by Crippen LogP contribution is -2.39. The second-order valence-corrected chi connectivity index (χ2v) is 9.48. The monoisotopic (exact) mass is 462 g/mol.